The number of carbonyl (C=O) groups excluding carboxylic acids is 2. The van der Waals surface area contributed by atoms with Gasteiger partial charge >= 0.3 is 5.97 Å². The number of carboxylic acid groups (broad SMARTS) is 1. The van der Waals surface area contributed by atoms with Crippen molar-refractivity contribution in [3.8, 4) is 5.75 Å². The van der Waals surface area contributed by atoms with Crippen LogP contribution in [0.5, 0.6) is 5.75 Å². The van der Waals surface area contributed by atoms with E-state index in [1.54, 1.807) is 24.3 Å². The van der Waals surface area contributed by atoms with Crippen molar-refractivity contribution in [2.45, 2.75) is 58.0 Å². The second kappa shape index (κ2) is 10.7. The molecule has 2 aliphatic rings. The summed E-state index contributed by atoms with van der Waals surface area (Å²) >= 11 is 0. The van der Waals surface area contributed by atoms with Gasteiger partial charge in [-0.1, -0.05) is 23.8 Å². The summed E-state index contributed by atoms with van der Waals surface area (Å²) in [6.45, 7) is 2.50. The van der Waals surface area contributed by atoms with E-state index < -0.39 is 5.97 Å². The Morgan fingerprint density at radius 2 is 1.76 bits per heavy atom. The molecular weight excluding hydrogens is 430 g/mol. The van der Waals surface area contributed by atoms with Crippen molar-refractivity contribution < 1.29 is 24.2 Å². The van der Waals surface area contributed by atoms with Crippen molar-refractivity contribution >= 4 is 23.7 Å². The predicted octanol–water partition coefficient (Wildman–Crippen LogP) is 4.74. The molecule has 0 heterocycles. The molecule has 34 heavy (non-hydrogen) atoms. The van der Waals surface area contributed by atoms with Crippen LogP contribution < -0.4 is 10.1 Å². The summed E-state index contributed by atoms with van der Waals surface area (Å²) in [6.07, 6.45) is 6.28. The zero-order valence-electron chi connectivity index (χ0n) is 19.5. The molecule has 0 atom stereocenters. The van der Waals surface area contributed by atoms with Crippen LogP contribution in [-0.2, 0) is 16.0 Å². The number of amides is 1. The molecule has 6 heteroatoms. The number of carbonyl (C=O) groups is 3. The van der Waals surface area contributed by atoms with Crippen LogP contribution in [-0.4, -0.2) is 35.4 Å². The van der Waals surface area contributed by atoms with Gasteiger partial charge in [-0.25, -0.2) is 0 Å². The lowest BCUT2D eigenvalue weighted by Gasteiger charge is -2.26. The summed E-state index contributed by atoms with van der Waals surface area (Å²) in [6, 6.07) is 13.3. The summed E-state index contributed by atoms with van der Waals surface area (Å²) in [5, 5.41) is 12.0. The molecule has 0 bridgehead atoms. The molecule has 0 aromatic heterocycles. The van der Waals surface area contributed by atoms with E-state index in [9.17, 15) is 14.4 Å². The summed E-state index contributed by atoms with van der Waals surface area (Å²) in [4.78, 5) is 36.0. The molecule has 0 radical (unpaired) electrons. The molecule has 2 aromatic carbocycles. The first kappa shape index (κ1) is 23.7. The Bertz CT molecular complexity index is 1090. The highest BCUT2D eigenvalue weighted by Crippen LogP contribution is 2.28. The molecule has 0 spiro atoms. The first-order valence-corrected chi connectivity index (χ1v) is 12.0. The van der Waals surface area contributed by atoms with E-state index in [2.05, 4.69) is 11.4 Å². The monoisotopic (exact) mass is 461 g/mol. The van der Waals surface area contributed by atoms with Gasteiger partial charge in [-0.05, 0) is 80.5 Å². The molecule has 2 aromatic rings. The highest BCUT2D eigenvalue weighted by Gasteiger charge is 2.27. The highest BCUT2D eigenvalue weighted by atomic mass is 16.5. The molecule has 178 valence electrons. The Balaban J connectivity index is 1.17. The number of ether oxygens (including phenoxy) is 1. The maximum absolute atomic E-state index is 12.5. The first-order valence-electron chi connectivity index (χ1n) is 12.0. The lowest BCUT2D eigenvalue weighted by molar-refractivity contribution is -0.143. The summed E-state index contributed by atoms with van der Waals surface area (Å²) in [5.41, 5.74) is 4.86. The van der Waals surface area contributed by atoms with E-state index in [-0.39, 0.29) is 23.7 Å². The molecule has 4 rings (SSSR count). The number of ketones is 1. The summed E-state index contributed by atoms with van der Waals surface area (Å²) in [5.74, 6) is -0.327. The average Bonchev–Trinajstić information content (AvgIpc) is 3.26. The van der Waals surface area contributed by atoms with Gasteiger partial charge in [-0.15, -0.1) is 0 Å². The van der Waals surface area contributed by atoms with Crippen LogP contribution >= 0.6 is 0 Å². The quantitative estimate of drug-likeness (QED) is 0.416. The molecule has 0 aliphatic heterocycles. The topological polar surface area (TPSA) is 92.7 Å². The van der Waals surface area contributed by atoms with E-state index in [4.69, 9.17) is 9.84 Å². The van der Waals surface area contributed by atoms with E-state index in [0.717, 1.165) is 24.0 Å². The number of carboxylic acids is 1. The fourth-order valence-electron chi connectivity index (χ4n) is 4.67. The van der Waals surface area contributed by atoms with Gasteiger partial charge in [0.15, 0.2) is 5.78 Å². The number of aryl methyl sites for hydroxylation is 1. The van der Waals surface area contributed by atoms with Gasteiger partial charge in [0.05, 0.1) is 12.0 Å². The second-order valence-electron chi connectivity index (χ2n) is 9.29. The minimum Gasteiger partial charge on any atom is -0.490 e. The van der Waals surface area contributed by atoms with Gasteiger partial charge in [0.2, 0.25) is 5.91 Å². The molecule has 0 saturated heterocycles. The summed E-state index contributed by atoms with van der Waals surface area (Å²) in [7, 11) is 0. The fraction of sp³-hybridized carbons (Fsp3) is 0.393. The minimum absolute atomic E-state index is 0.0209. The van der Waals surface area contributed by atoms with Crippen molar-refractivity contribution in [2.75, 3.05) is 6.54 Å². The Hall–Kier alpha value is -3.41. The molecule has 1 amide bonds. The van der Waals surface area contributed by atoms with Crippen molar-refractivity contribution in [1.29, 1.82) is 0 Å². The predicted molar refractivity (Wildman–Crippen MR) is 130 cm³/mol. The number of hydrogen-bond donors (Lipinski definition) is 2. The molecule has 1 saturated carbocycles. The van der Waals surface area contributed by atoms with Crippen LogP contribution in [0.1, 0.15) is 65.6 Å². The summed E-state index contributed by atoms with van der Waals surface area (Å²) < 4.78 is 5.96. The second-order valence-corrected chi connectivity index (χ2v) is 9.29. The average molecular weight is 462 g/mol. The number of benzene rings is 2. The zero-order chi connectivity index (χ0) is 24.1. The van der Waals surface area contributed by atoms with Gasteiger partial charge in [0, 0.05) is 30.5 Å². The normalized spacial score (nSPS) is 19.1. The lowest BCUT2D eigenvalue weighted by Crippen LogP contribution is -2.27. The van der Waals surface area contributed by atoms with Crippen LogP contribution in [0, 0.1) is 12.8 Å². The smallest absolute Gasteiger partial charge is 0.306 e. The Morgan fingerprint density at radius 3 is 2.47 bits per heavy atom. The molecule has 2 N–H and O–H groups in total. The molecule has 6 nitrogen and oxygen atoms in total. The van der Waals surface area contributed by atoms with Gasteiger partial charge in [0.25, 0.3) is 0 Å². The van der Waals surface area contributed by atoms with E-state index >= 15 is 0 Å². The van der Waals surface area contributed by atoms with Crippen molar-refractivity contribution in [1.82, 2.24) is 5.32 Å². The maximum atomic E-state index is 12.5. The lowest BCUT2D eigenvalue weighted by atomic mass is 9.87. The van der Waals surface area contributed by atoms with Crippen molar-refractivity contribution in [3.63, 3.8) is 0 Å². The van der Waals surface area contributed by atoms with E-state index in [1.165, 1.54) is 11.1 Å². The van der Waals surface area contributed by atoms with Gasteiger partial charge < -0.3 is 15.2 Å². The largest absolute Gasteiger partial charge is 0.490 e. The van der Waals surface area contributed by atoms with Crippen LogP contribution in [0.3, 0.4) is 0 Å². The fourth-order valence-corrected chi connectivity index (χ4v) is 4.67. The van der Waals surface area contributed by atoms with Crippen LogP contribution in [0.4, 0.5) is 0 Å². The van der Waals surface area contributed by atoms with Gasteiger partial charge in [-0.3, -0.25) is 14.4 Å². The standard InChI is InChI=1S/C28H31NO5/c1-18-4-5-21-16-23(17-22(21)15-18)27(31)29-14-2-3-26(30)19-6-10-24(11-7-19)34-25-12-8-20(9-13-25)28(32)33/h4-7,10-11,15-16,20,25H,2-3,8-9,12-14,17H2,1H3,(H,29,31)(H,32,33). The van der Waals surface area contributed by atoms with E-state index in [0.29, 0.717) is 50.0 Å². The minimum atomic E-state index is -0.725. The van der Waals surface area contributed by atoms with E-state index in [1.807, 2.05) is 25.1 Å². The number of hydrogen-bond acceptors (Lipinski definition) is 4. The molecule has 2 aliphatic carbocycles. The SMILES string of the molecule is Cc1ccc2c(c1)CC(C(=O)NCCCC(=O)c1ccc(OC3CCC(C(=O)O)CC3)cc1)=C2. The van der Waals surface area contributed by atoms with Crippen molar-refractivity contribution in [2.24, 2.45) is 5.92 Å². The van der Waals surface area contributed by atoms with Crippen molar-refractivity contribution in [3.05, 3.63) is 70.3 Å². The number of nitrogens with one attached hydrogen (secondary N) is 1. The zero-order valence-corrected chi connectivity index (χ0v) is 19.5. The Labute approximate surface area is 200 Å². The molecule has 1 fully saturated rings. The van der Waals surface area contributed by atoms with Crippen LogP contribution in [0.25, 0.3) is 6.08 Å². The molecule has 0 unspecified atom stereocenters. The third kappa shape index (κ3) is 5.93. The molecular formula is C28H31NO5. The first-order chi connectivity index (χ1) is 16.4. The van der Waals surface area contributed by atoms with Crippen LogP contribution in [0.15, 0.2) is 48.0 Å². The highest BCUT2D eigenvalue weighted by molar-refractivity contribution is 6.00. The third-order valence-corrected chi connectivity index (χ3v) is 6.67. The van der Waals surface area contributed by atoms with Gasteiger partial charge in [0.1, 0.15) is 5.75 Å². The Kier molecular flexibility index (Phi) is 7.46. The van der Waals surface area contributed by atoms with Gasteiger partial charge in [-0.2, -0.15) is 0 Å². The maximum Gasteiger partial charge on any atom is 0.306 e. The number of Topliss-reactive ketones (excluding diaryl/α,β-unsaturated/α-hetero) is 1. The third-order valence-electron chi connectivity index (χ3n) is 6.67. The Morgan fingerprint density at radius 1 is 1.03 bits per heavy atom. The number of rotatable bonds is 9. The number of aliphatic carboxylic acids is 1. The number of fused-ring (bicyclic) bond motifs is 1. The van der Waals surface area contributed by atoms with Crippen LogP contribution in [0.2, 0.25) is 0 Å².